The van der Waals surface area contributed by atoms with Gasteiger partial charge in [-0.05, 0) is 56.4 Å². The standard InChI is InChI=1S/C43H57Cl2NO10S2/c1-4-5-21-43(2,52)22-13-16-33-32(15-8-6-7-9-20-39(49)53-3)37(48)29-38(33)56-42(51)55-24-26-58-57-25-23-54-40(50)28-31(47)27-30-14-10-11-19-36(30)46-41-34(44)17-12-18-35(41)45/h10-14,16-19,32-33,38,46,52H,4-9,15,20-29H2,1-3H3/b16-13+/t32-,33-,38-,43?/m1/s1. The molecular formula is C43H57Cl2NO10S2. The van der Waals surface area contributed by atoms with E-state index in [2.05, 4.69) is 12.2 Å². The molecule has 0 radical (unpaired) electrons. The number of esters is 2. The summed E-state index contributed by atoms with van der Waals surface area (Å²) in [7, 11) is 4.24. The quantitative estimate of drug-likeness (QED) is 0.0219. The van der Waals surface area contributed by atoms with E-state index < -0.39 is 23.8 Å². The Morgan fingerprint density at radius 2 is 1.62 bits per heavy atom. The molecule has 4 atom stereocenters. The summed E-state index contributed by atoms with van der Waals surface area (Å²) >= 11 is 12.6. The van der Waals surface area contributed by atoms with Crippen LogP contribution in [0.2, 0.25) is 10.0 Å². The van der Waals surface area contributed by atoms with Gasteiger partial charge in [0.25, 0.3) is 0 Å². The highest BCUT2D eigenvalue weighted by Gasteiger charge is 2.43. The molecule has 0 saturated heterocycles. The Balaban J connectivity index is 1.36. The highest BCUT2D eigenvalue weighted by atomic mass is 35.5. The van der Waals surface area contributed by atoms with Crippen LogP contribution in [0, 0.1) is 11.8 Å². The third-order valence-electron chi connectivity index (χ3n) is 9.68. The molecule has 3 rings (SSSR count). The fourth-order valence-electron chi connectivity index (χ4n) is 6.58. The molecule has 15 heteroatoms. The van der Waals surface area contributed by atoms with Gasteiger partial charge in [0.15, 0.2) is 0 Å². The maximum absolute atomic E-state index is 13.1. The summed E-state index contributed by atoms with van der Waals surface area (Å²) in [5.41, 5.74) is 1.00. The van der Waals surface area contributed by atoms with Crippen molar-refractivity contribution in [2.75, 3.05) is 37.1 Å². The molecule has 0 heterocycles. The molecule has 2 aromatic rings. The van der Waals surface area contributed by atoms with Crippen molar-refractivity contribution in [3.63, 3.8) is 0 Å². The van der Waals surface area contributed by atoms with Gasteiger partial charge in [0.2, 0.25) is 0 Å². The predicted molar refractivity (Wildman–Crippen MR) is 232 cm³/mol. The van der Waals surface area contributed by atoms with Crippen LogP contribution in [0.1, 0.15) is 96.5 Å². The molecule has 1 aliphatic rings. The lowest BCUT2D eigenvalue weighted by molar-refractivity contribution is -0.145. The van der Waals surface area contributed by atoms with Crippen LogP contribution in [0.3, 0.4) is 0 Å². The van der Waals surface area contributed by atoms with E-state index in [1.807, 2.05) is 18.2 Å². The summed E-state index contributed by atoms with van der Waals surface area (Å²) in [5, 5.41) is 14.8. The number of carbonyl (C=O) groups is 5. The monoisotopic (exact) mass is 881 g/mol. The highest BCUT2D eigenvalue weighted by Crippen LogP contribution is 2.37. The number of nitrogens with one attached hydrogen (secondary N) is 1. The first kappa shape index (κ1) is 49.1. The van der Waals surface area contributed by atoms with Crippen molar-refractivity contribution in [1.82, 2.24) is 0 Å². The van der Waals surface area contributed by atoms with Gasteiger partial charge in [-0.15, -0.1) is 0 Å². The largest absolute Gasteiger partial charge is 0.508 e. The average Bonchev–Trinajstić information content (AvgIpc) is 3.47. The van der Waals surface area contributed by atoms with Gasteiger partial charge < -0.3 is 29.4 Å². The van der Waals surface area contributed by atoms with E-state index in [1.54, 1.807) is 43.3 Å². The maximum Gasteiger partial charge on any atom is 0.508 e. The molecular weight excluding hydrogens is 826 g/mol. The number of ketones is 2. The second-order valence-corrected chi connectivity index (χ2v) is 18.0. The number of Topliss-reactive ketones (excluding diaryl/α,β-unsaturated/α-hetero) is 2. The zero-order chi connectivity index (χ0) is 42.3. The highest BCUT2D eigenvalue weighted by molar-refractivity contribution is 8.76. The molecule has 0 amide bonds. The van der Waals surface area contributed by atoms with Crippen LogP contribution in [0.4, 0.5) is 16.2 Å². The molecule has 0 bridgehead atoms. The smallest absolute Gasteiger partial charge is 0.469 e. The number of rotatable bonds is 27. The molecule has 320 valence electrons. The number of halogens is 2. The van der Waals surface area contributed by atoms with Crippen LogP contribution in [-0.4, -0.2) is 78.3 Å². The number of benzene rings is 2. The molecule has 0 spiro atoms. The summed E-state index contributed by atoms with van der Waals surface area (Å²) < 4.78 is 21.0. The predicted octanol–water partition coefficient (Wildman–Crippen LogP) is 10.3. The molecule has 1 unspecified atom stereocenters. The van der Waals surface area contributed by atoms with Crippen LogP contribution in [0.15, 0.2) is 54.6 Å². The van der Waals surface area contributed by atoms with Gasteiger partial charge in [0.1, 0.15) is 37.3 Å². The number of hydrogen-bond donors (Lipinski definition) is 2. The van der Waals surface area contributed by atoms with Crippen molar-refractivity contribution < 1.29 is 48.0 Å². The summed E-state index contributed by atoms with van der Waals surface area (Å²) in [6.07, 6.45) is 9.29. The van der Waals surface area contributed by atoms with Crippen molar-refractivity contribution >= 4 is 85.8 Å². The van der Waals surface area contributed by atoms with E-state index in [9.17, 15) is 29.1 Å². The summed E-state index contributed by atoms with van der Waals surface area (Å²) in [6.45, 7) is 4.08. The second-order valence-electron chi connectivity index (χ2n) is 14.5. The van der Waals surface area contributed by atoms with Crippen LogP contribution in [0.5, 0.6) is 0 Å². The number of aliphatic hydroxyl groups is 1. The van der Waals surface area contributed by atoms with Gasteiger partial charge in [-0.2, -0.15) is 0 Å². The third kappa shape index (κ3) is 18.4. The zero-order valence-corrected chi connectivity index (χ0v) is 36.8. The maximum atomic E-state index is 13.1. The van der Waals surface area contributed by atoms with Crippen LogP contribution in [0.25, 0.3) is 0 Å². The lowest BCUT2D eigenvalue weighted by Crippen LogP contribution is -2.26. The molecule has 1 aliphatic carbocycles. The van der Waals surface area contributed by atoms with Crippen molar-refractivity contribution in [2.24, 2.45) is 11.8 Å². The van der Waals surface area contributed by atoms with E-state index in [1.165, 1.54) is 28.7 Å². The van der Waals surface area contributed by atoms with Crippen LogP contribution in [-0.2, 0) is 44.5 Å². The number of carbonyl (C=O) groups excluding carboxylic acids is 5. The molecule has 1 fully saturated rings. The Bertz CT molecular complexity index is 1650. The Labute approximate surface area is 360 Å². The summed E-state index contributed by atoms with van der Waals surface area (Å²) in [4.78, 5) is 62.3. The van der Waals surface area contributed by atoms with Crippen molar-refractivity contribution in [1.29, 1.82) is 0 Å². The van der Waals surface area contributed by atoms with Crippen LogP contribution < -0.4 is 5.32 Å². The fraction of sp³-hybridized carbons (Fsp3) is 0.558. The number of ether oxygens (including phenoxy) is 4. The minimum Gasteiger partial charge on any atom is -0.469 e. The number of hydrogen-bond acceptors (Lipinski definition) is 13. The fourth-order valence-corrected chi connectivity index (χ4v) is 8.72. The molecule has 11 nitrogen and oxygen atoms in total. The molecule has 2 N–H and O–H groups in total. The van der Waals surface area contributed by atoms with Crippen molar-refractivity contribution in [3.05, 3.63) is 70.2 Å². The summed E-state index contributed by atoms with van der Waals surface area (Å²) in [5.74, 6) is -0.816. The Kier molecular flexibility index (Phi) is 22.7. The lowest BCUT2D eigenvalue weighted by Gasteiger charge is -2.23. The minimum atomic E-state index is -0.864. The Hall–Kier alpha value is -3.23. The Morgan fingerprint density at radius 1 is 0.931 bits per heavy atom. The molecule has 0 aromatic heterocycles. The average molecular weight is 883 g/mol. The van der Waals surface area contributed by atoms with Crippen molar-refractivity contribution in [3.8, 4) is 0 Å². The van der Waals surface area contributed by atoms with E-state index in [4.69, 9.17) is 42.1 Å². The number of para-hydroxylation sites is 2. The second kappa shape index (κ2) is 26.8. The number of methoxy groups -OCH3 is 1. The molecule has 2 aromatic carbocycles. The molecule has 0 aliphatic heterocycles. The van der Waals surface area contributed by atoms with E-state index in [-0.39, 0.29) is 61.8 Å². The SMILES string of the molecule is CCCCC(C)(O)C/C=C/[C@H]1[C@H](OC(=O)OCCSSCCOC(=O)CC(=O)Cc2ccccc2Nc2c(Cl)cccc2Cl)CC(=O)[C@@H]1CCCCCCC(=O)OC. The van der Waals surface area contributed by atoms with E-state index in [0.717, 1.165) is 38.5 Å². The van der Waals surface area contributed by atoms with Gasteiger partial charge in [0.05, 0.1) is 28.4 Å². The summed E-state index contributed by atoms with van der Waals surface area (Å²) in [6, 6.07) is 12.4. The van der Waals surface area contributed by atoms with Gasteiger partial charge in [-0.1, -0.05) is 120 Å². The number of anilines is 2. The normalized spacial score (nSPS) is 17.5. The minimum absolute atomic E-state index is 0.0194. The van der Waals surface area contributed by atoms with Gasteiger partial charge >= 0.3 is 18.1 Å². The molecule has 1 saturated carbocycles. The van der Waals surface area contributed by atoms with Gasteiger partial charge in [-0.3, -0.25) is 19.2 Å². The molecule has 58 heavy (non-hydrogen) atoms. The first-order valence-corrected chi connectivity index (χ1v) is 23.1. The first-order chi connectivity index (χ1) is 27.8. The zero-order valence-electron chi connectivity index (χ0n) is 33.6. The van der Waals surface area contributed by atoms with Gasteiger partial charge in [0, 0.05) is 48.3 Å². The first-order valence-electron chi connectivity index (χ1n) is 19.9. The Morgan fingerprint density at radius 3 is 2.33 bits per heavy atom. The van der Waals surface area contributed by atoms with E-state index in [0.29, 0.717) is 64.2 Å². The van der Waals surface area contributed by atoms with E-state index >= 15 is 0 Å². The third-order valence-corrected chi connectivity index (χ3v) is 12.6. The topological polar surface area (TPSA) is 155 Å². The van der Waals surface area contributed by atoms with Gasteiger partial charge in [-0.25, -0.2) is 4.79 Å². The lowest BCUT2D eigenvalue weighted by atomic mass is 9.87. The van der Waals surface area contributed by atoms with Crippen LogP contribution >= 0.6 is 44.8 Å². The number of unbranched alkanes of at least 4 members (excludes halogenated alkanes) is 4. The van der Waals surface area contributed by atoms with Crippen molar-refractivity contribution in [2.45, 2.75) is 109 Å².